The smallest absolute Gasteiger partial charge is 0.410 e. The van der Waals surface area contributed by atoms with Crippen LogP contribution in [0.4, 0.5) is 10.5 Å². The molecule has 0 atom stereocenters. The van der Waals surface area contributed by atoms with E-state index in [4.69, 9.17) is 21.1 Å². The molecule has 3 heterocycles. The molecule has 36 heavy (non-hydrogen) atoms. The Morgan fingerprint density at radius 2 is 1.89 bits per heavy atom. The van der Waals surface area contributed by atoms with E-state index in [1.54, 1.807) is 29.3 Å². The number of fused-ring (bicyclic) bond motifs is 1. The van der Waals surface area contributed by atoms with Crippen LogP contribution < -0.4 is 10.1 Å². The van der Waals surface area contributed by atoms with Gasteiger partial charge in [-0.2, -0.15) is 0 Å². The second kappa shape index (κ2) is 9.82. The maximum absolute atomic E-state index is 13.6. The number of nitrogens with one attached hydrogen (secondary N) is 1. The highest BCUT2D eigenvalue weighted by molar-refractivity contribution is 7.90. The predicted molar refractivity (Wildman–Crippen MR) is 140 cm³/mol. The number of carbonyl (C=O) groups excluding carboxylic acids is 1. The summed E-state index contributed by atoms with van der Waals surface area (Å²) in [4.78, 5) is 18.4. The lowest BCUT2D eigenvalue weighted by Crippen LogP contribution is -2.44. The standard InChI is InChI=1S/C25H31ClN4O5S/c1-16-15-30(23-20(16)12-17(26)14-27-23)36(32,33)19-6-7-22(34-5)21(13-19)28-18-8-10-29(11-9-18)24(31)35-25(2,3)4/h6-7,12-15,18,28H,8-11H2,1-5H3. The first-order valence-corrected chi connectivity index (χ1v) is 13.5. The highest BCUT2D eigenvalue weighted by Gasteiger charge is 2.28. The number of hydrogen-bond donors (Lipinski definition) is 1. The van der Waals surface area contributed by atoms with Crippen LogP contribution in [0.2, 0.25) is 5.02 Å². The lowest BCUT2D eigenvalue weighted by atomic mass is 10.0. The number of aryl methyl sites for hydroxylation is 1. The Morgan fingerprint density at radius 1 is 1.19 bits per heavy atom. The number of amides is 1. The van der Waals surface area contributed by atoms with Crippen molar-refractivity contribution in [2.75, 3.05) is 25.5 Å². The van der Waals surface area contributed by atoms with Crippen LogP contribution in [0.15, 0.2) is 41.6 Å². The number of aromatic nitrogens is 2. The molecule has 9 nitrogen and oxygen atoms in total. The largest absolute Gasteiger partial charge is 0.495 e. The topological polar surface area (TPSA) is 103 Å². The second-order valence-electron chi connectivity index (χ2n) is 9.89. The van der Waals surface area contributed by atoms with Crippen molar-refractivity contribution in [3.8, 4) is 5.75 Å². The van der Waals surface area contributed by atoms with E-state index in [-0.39, 0.29) is 17.0 Å². The third kappa shape index (κ3) is 5.39. The number of halogens is 1. The number of anilines is 1. The Bertz CT molecular complexity index is 1390. The van der Waals surface area contributed by atoms with E-state index in [9.17, 15) is 13.2 Å². The van der Waals surface area contributed by atoms with Gasteiger partial charge in [0.25, 0.3) is 10.0 Å². The van der Waals surface area contributed by atoms with Crippen molar-refractivity contribution in [1.29, 1.82) is 0 Å². The minimum absolute atomic E-state index is 0.0361. The van der Waals surface area contributed by atoms with Crippen LogP contribution >= 0.6 is 11.6 Å². The molecule has 1 aliphatic heterocycles. The zero-order valence-corrected chi connectivity index (χ0v) is 22.6. The molecule has 0 aliphatic carbocycles. The summed E-state index contributed by atoms with van der Waals surface area (Å²) in [5, 5.41) is 4.53. The van der Waals surface area contributed by atoms with Crippen LogP contribution in [0, 0.1) is 6.92 Å². The number of ether oxygens (including phenoxy) is 2. The zero-order valence-electron chi connectivity index (χ0n) is 21.0. The summed E-state index contributed by atoms with van der Waals surface area (Å²) in [6, 6.07) is 6.46. The maximum atomic E-state index is 13.6. The summed E-state index contributed by atoms with van der Waals surface area (Å²) in [7, 11) is -2.40. The molecule has 11 heteroatoms. The number of methoxy groups -OCH3 is 1. The molecular weight excluding hydrogens is 504 g/mol. The average molecular weight is 535 g/mol. The highest BCUT2D eigenvalue weighted by Crippen LogP contribution is 2.32. The van der Waals surface area contributed by atoms with Crippen molar-refractivity contribution >= 4 is 44.4 Å². The highest BCUT2D eigenvalue weighted by atomic mass is 35.5. The summed E-state index contributed by atoms with van der Waals surface area (Å²) < 4.78 is 39.3. The molecule has 4 rings (SSSR count). The maximum Gasteiger partial charge on any atom is 0.410 e. The van der Waals surface area contributed by atoms with E-state index in [0.717, 1.165) is 5.56 Å². The first kappa shape index (κ1) is 26.1. The number of piperidine rings is 1. The van der Waals surface area contributed by atoms with Gasteiger partial charge >= 0.3 is 6.09 Å². The number of nitrogens with zero attached hydrogens (tertiary/aromatic N) is 3. The number of carbonyl (C=O) groups is 1. The van der Waals surface area contributed by atoms with E-state index in [1.807, 2.05) is 27.7 Å². The lowest BCUT2D eigenvalue weighted by molar-refractivity contribution is 0.0210. The summed E-state index contributed by atoms with van der Waals surface area (Å²) >= 11 is 6.06. The van der Waals surface area contributed by atoms with E-state index >= 15 is 0 Å². The SMILES string of the molecule is COc1ccc(S(=O)(=O)n2cc(C)c3cc(Cl)cnc32)cc1NC1CCN(C(=O)OC(C)(C)C)CC1. The van der Waals surface area contributed by atoms with Crippen LogP contribution in [-0.4, -0.2) is 60.2 Å². The predicted octanol–water partition coefficient (Wildman–Crippen LogP) is 5.06. The number of likely N-dealkylation sites (tertiary alicyclic amines) is 1. The van der Waals surface area contributed by atoms with E-state index in [0.29, 0.717) is 53.4 Å². The van der Waals surface area contributed by atoms with Gasteiger partial charge in [-0.25, -0.2) is 22.2 Å². The van der Waals surface area contributed by atoms with E-state index < -0.39 is 15.6 Å². The molecule has 3 aromatic rings. The summed E-state index contributed by atoms with van der Waals surface area (Å²) in [6.45, 7) is 8.42. The average Bonchev–Trinajstić information content (AvgIpc) is 3.15. The number of benzene rings is 1. The molecule has 0 spiro atoms. The normalized spacial score (nSPS) is 15.2. The van der Waals surface area contributed by atoms with Crippen molar-refractivity contribution in [3.63, 3.8) is 0 Å². The van der Waals surface area contributed by atoms with Gasteiger partial charge in [0, 0.05) is 36.9 Å². The molecule has 0 bridgehead atoms. The monoisotopic (exact) mass is 534 g/mol. The fourth-order valence-corrected chi connectivity index (χ4v) is 5.78. The molecule has 1 aromatic carbocycles. The van der Waals surface area contributed by atoms with Crippen LogP contribution in [0.5, 0.6) is 5.75 Å². The van der Waals surface area contributed by atoms with Crippen molar-refractivity contribution in [3.05, 3.63) is 47.2 Å². The lowest BCUT2D eigenvalue weighted by Gasteiger charge is -2.34. The summed E-state index contributed by atoms with van der Waals surface area (Å²) in [5.74, 6) is 0.530. The van der Waals surface area contributed by atoms with Gasteiger partial charge in [0.1, 0.15) is 11.4 Å². The Labute approximate surface area is 216 Å². The van der Waals surface area contributed by atoms with Crippen LogP contribution in [0.1, 0.15) is 39.2 Å². The molecule has 1 N–H and O–H groups in total. The minimum Gasteiger partial charge on any atom is -0.495 e. The van der Waals surface area contributed by atoms with Crippen LogP contribution in [0.3, 0.4) is 0 Å². The first-order chi connectivity index (χ1) is 16.9. The van der Waals surface area contributed by atoms with Crippen molar-refractivity contribution in [2.45, 2.75) is 57.1 Å². The van der Waals surface area contributed by atoms with Crippen molar-refractivity contribution in [1.82, 2.24) is 13.9 Å². The number of hydrogen-bond acceptors (Lipinski definition) is 7. The number of rotatable bonds is 5. The van der Waals surface area contributed by atoms with Gasteiger partial charge in [0.05, 0.1) is 22.7 Å². The fraction of sp³-hybridized carbons (Fsp3) is 0.440. The van der Waals surface area contributed by atoms with Gasteiger partial charge in [0.15, 0.2) is 5.65 Å². The van der Waals surface area contributed by atoms with Crippen molar-refractivity contribution in [2.24, 2.45) is 0 Å². The molecule has 1 aliphatic rings. The molecule has 1 saturated heterocycles. The molecule has 1 fully saturated rings. The van der Waals surface area contributed by atoms with Crippen molar-refractivity contribution < 1.29 is 22.7 Å². The van der Waals surface area contributed by atoms with E-state index in [1.165, 1.54) is 23.3 Å². The Balaban J connectivity index is 1.56. The Kier molecular flexibility index (Phi) is 7.12. The Morgan fingerprint density at radius 3 is 2.53 bits per heavy atom. The van der Waals surface area contributed by atoms with Gasteiger partial charge < -0.3 is 19.7 Å². The van der Waals surface area contributed by atoms with Gasteiger partial charge in [-0.05, 0) is 70.4 Å². The molecular formula is C25H31ClN4O5S. The Hall–Kier alpha value is -2.98. The molecule has 0 unspecified atom stereocenters. The fourth-order valence-electron chi connectivity index (χ4n) is 4.21. The molecule has 2 aromatic heterocycles. The second-order valence-corrected chi connectivity index (χ2v) is 12.1. The summed E-state index contributed by atoms with van der Waals surface area (Å²) in [5.41, 5.74) is 1.10. The third-order valence-corrected chi connectivity index (χ3v) is 7.86. The zero-order chi connectivity index (χ0) is 26.3. The quantitative estimate of drug-likeness (QED) is 0.488. The number of pyridine rings is 1. The van der Waals surface area contributed by atoms with Crippen LogP contribution in [-0.2, 0) is 14.8 Å². The van der Waals surface area contributed by atoms with Gasteiger partial charge in [-0.1, -0.05) is 11.6 Å². The van der Waals surface area contributed by atoms with Crippen LogP contribution in [0.25, 0.3) is 11.0 Å². The van der Waals surface area contributed by atoms with E-state index in [2.05, 4.69) is 10.3 Å². The van der Waals surface area contributed by atoms with Gasteiger partial charge in [-0.3, -0.25) is 0 Å². The third-order valence-electron chi connectivity index (χ3n) is 6.01. The summed E-state index contributed by atoms with van der Waals surface area (Å²) in [6.07, 6.45) is 4.03. The molecule has 0 radical (unpaired) electrons. The minimum atomic E-state index is -3.94. The molecule has 194 valence electrons. The van der Waals surface area contributed by atoms with Gasteiger partial charge in [0.2, 0.25) is 0 Å². The molecule has 0 saturated carbocycles. The molecule has 1 amide bonds. The van der Waals surface area contributed by atoms with Gasteiger partial charge in [-0.15, -0.1) is 0 Å². The first-order valence-electron chi connectivity index (χ1n) is 11.7.